The van der Waals surface area contributed by atoms with E-state index in [1.807, 2.05) is 0 Å². The zero-order valence-corrected chi connectivity index (χ0v) is 22.0. The van der Waals surface area contributed by atoms with Crippen LogP contribution in [0.25, 0.3) is 0 Å². The van der Waals surface area contributed by atoms with Crippen LogP contribution in [0, 0.1) is 17.3 Å². The third kappa shape index (κ3) is 5.19. The third-order valence-corrected chi connectivity index (χ3v) is 10.1. The monoisotopic (exact) mass is 507 g/mol. The second-order valence-corrected chi connectivity index (χ2v) is 12.7. The van der Waals surface area contributed by atoms with E-state index in [2.05, 4.69) is 50.6 Å². The molecular formula is C26H46FN7O2. The van der Waals surface area contributed by atoms with E-state index < -0.39 is 6.17 Å². The van der Waals surface area contributed by atoms with E-state index in [1.165, 1.54) is 19.3 Å². The number of carbonyl (C=O) groups is 1. The summed E-state index contributed by atoms with van der Waals surface area (Å²) >= 11 is 0. The van der Waals surface area contributed by atoms with Crippen molar-refractivity contribution in [3.63, 3.8) is 0 Å². The van der Waals surface area contributed by atoms with Crippen molar-refractivity contribution in [3.8, 4) is 0 Å². The first kappa shape index (κ1) is 25.4. The van der Waals surface area contributed by atoms with Gasteiger partial charge in [0.1, 0.15) is 6.17 Å². The third-order valence-electron chi connectivity index (χ3n) is 10.1. The number of nitrogens with zero attached hydrogens (tertiary/aromatic N) is 2. The lowest BCUT2D eigenvalue weighted by Gasteiger charge is -2.51. The lowest BCUT2D eigenvalue weighted by Crippen LogP contribution is -2.69. The van der Waals surface area contributed by atoms with Crippen LogP contribution in [0.4, 0.5) is 4.39 Å². The normalized spacial score (nSPS) is 40.9. The van der Waals surface area contributed by atoms with Crippen molar-refractivity contribution >= 4 is 5.91 Å². The average Bonchev–Trinajstić information content (AvgIpc) is 3.61. The highest BCUT2D eigenvalue weighted by Gasteiger charge is 2.49. The van der Waals surface area contributed by atoms with Crippen LogP contribution in [0.5, 0.6) is 0 Å². The van der Waals surface area contributed by atoms with E-state index in [1.54, 1.807) is 0 Å². The fraction of sp³-hybridized carbons (Fsp3) is 0.962. The van der Waals surface area contributed by atoms with E-state index in [4.69, 9.17) is 4.74 Å². The molecule has 0 spiro atoms. The predicted octanol–water partition coefficient (Wildman–Crippen LogP) is 0.490. The lowest BCUT2D eigenvalue weighted by atomic mass is 9.64. The molecule has 2 aliphatic carbocycles. The molecule has 36 heavy (non-hydrogen) atoms. The maximum atomic E-state index is 13.6. The highest BCUT2D eigenvalue weighted by atomic mass is 19.1. The van der Waals surface area contributed by atoms with Crippen molar-refractivity contribution in [3.05, 3.63) is 0 Å². The minimum atomic E-state index is -0.697. The van der Waals surface area contributed by atoms with Crippen molar-refractivity contribution in [1.29, 1.82) is 0 Å². The Balaban J connectivity index is 1.06. The number of halogens is 1. The van der Waals surface area contributed by atoms with E-state index in [-0.39, 0.29) is 41.7 Å². The minimum absolute atomic E-state index is 0.150. The largest absolute Gasteiger partial charge is 0.380 e. The number of rotatable bonds is 8. The summed E-state index contributed by atoms with van der Waals surface area (Å²) in [5.74, 6) is 1.33. The molecule has 0 aromatic carbocycles. The molecule has 9 nitrogen and oxygen atoms in total. The first-order valence-electron chi connectivity index (χ1n) is 14.4. The van der Waals surface area contributed by atoms with Crippen LogP contribution in [0.3, 0.4) is 0 Å². The van der Waals surface area contributed by atoms with Crippen molar-refractivity contribution in [2.75, 3.05) is 40.0 Å². The highest BCUT2D eigenvalue weighted by Crippen LogP contribution is 2.47. The van der Waals surface area contributed by atoms with Crippen LogP contribution in [-0.4, -0.2) is 98.4 Å². The van der Waals surface area contributed by atoms with Gasteiger partial charge in [-0.15, -0.1) is 0 Å². The fourth-order valence-corrected chi connectivity index (χ4v) is 7.31. The number of nitrogens with one attached hydrogen (secondary N) is 5. The molecule has 0 radical (unpaired) electrons. The Bertz CT molecular complexity index is 790. The van der Waals surface area contributed by atoms with Gasteiger partial charge in [-0.05, 0) is 70.8 Å². The first-order chi connectivity index (χ1) is 17.4. The van der Waals surface area contributed by atoms with Gasteiger partial charge < -0.3 is 10.1 Å². The Morgan fingerprint density at radius 2 is 1.97 bits per heavy atom. The van der Waals surface area contributed by atoms with Gasteiger partial charge in [-0.2, -0.15) is 0 Å². The van der Waals surface area contributed by atoms with E-state index in [9.17, 15) is 9.18 Å². The van der Waals surface area contributed by atoms with Gasteiger partial charge in [-0.3, -0.25) is 25.2 Å². The average molecular weight is 508 g/mol. The summed E-state index contributed by atoms with van der Waals surface area (Å²) in [6, 6.07) is 0.496. The summed E-state index contributed by atoms with van der Waals surface area (Å²) in [5.41, 5.74) is 6.88. The zero-order chi connectivity index (χ0) is 24.9. The number of carbonyl (C=O) groups excluding carboxylic acids is 1. The van der Waals surface area contributed by atoms with E-state index >= 15 is 0 Å². The maximum absolute atomic E-state index is 13.6. The van der Waals surface area contributed by atoms with Gasteiger partial charge in [0, 0.05) is 36.6 Å². The van der Waals surface area contributed by atoms with Gasteiger partial charge in [0.25, 0.3) is 0 Å². The SMILES string of the molecule is CC(C1CC(C(=O)NC2CCCC(C3(CC4NNCN4C)COC3)C2)NC(C2CC2)N1)N1CC(F)C1. The maximum Gasteiger partial charge on any atom is 0.237 e. The molecule has 7 unspecified atom stereocenters. The van der Waals surface area contributed by atoms with Gasteiger partial charge >= 0.3 is 0 Å². The van der Waals surface area contributed by atoms with E-state index in [0.29, 0.717) is 31.1 Å². The van der Waals surface area contributed by atoms with Crippen molar-refractivity contribution in [2.24, 2.45) is 17.3 Å². The van der Waals surface area contributed by atoms with Crippen LogP contribution >= 0.6 is 0 Å². The molecule has 1 amide bonds. The number of hydrazine groups is 1. The molecule has 0 aromatic heterocycles. The molecule has 6 rings (SSSR count). The van der Waals surface area contributed by atoms with Crippen LogP contribution in [0.1, 0.15) is 58.3 Å². The Labute approximate surface area is 215 Å². The lowest BCUT2D eigenvalue weighted by molar-refractivity contribution is -0.166. The highest BCUT2D eigenvalue weighted by molar-refractivity contribution is 5.82. The Morgan fingerprint density at radius 1 is 1.17 bits per heavy atom. The molecule has 4 aliphatic heterocycles. The molecule has 2 saturated carbocycles. The quantitative estimate of drug-likeness (QED) is 0.324. The van der Waals surface area contributed by atoms with Crippen LogP contribution < -0.4 is 26.8 Å². The van der Waals surface area contributed by atoms with Gasteiger partial charge in [-0.1, -0.05) is 6.42 Å². The van der Waals surface area contributed by atoms with Crippen LogP contribution in [-0.2, 0) is 9.53 Å². The molecule has 4 heterocycles. The van der Waals surface area contributed by atoms with Gasteiger partial charge in [0.05, 0.1) is 38.3 Å². The summed E-state index contributed by atoms with van der Waals surface area (Å²) in [7, 11) is 2.15. The molecule has 7 atom stereocenters. The smallest absolute Gasteiger partial charge is 0.237 e. The molecule has 204 valence electrons. The molecule has 10 heteroatoms. The molecule has 6 fully saturated rings. The number of ether oxygens (including phenoxy) is 1. The summed E-state index contributed by atoms with van der Waals surface area (Å²) < 4.78 is 19.3. The molecule has 6 aliphatic rings. The van der Waals surface area contributed by atoms with Crippen LogP contribution in [0.2, 0.25) is 0 Å². The fourth-order valence-electron chi connectivity index (χ4n) is 7.31. The second kappa shape index (κ2) is 10.4. The van der Waals surface area contributed by atoms with Crippen molar-refractivity contribution in [2.45, 2.75) is 101 Å². The Hall–Kier alpha value is -0.880. The number of amides is 1. The molecular weight excluding hydrogens is 461 g/mol. The summed E-state index contributed by atoms with van der Waals surface area (Å²) in [5, 5.41) is 10.9. The first-order valence-corrected chi connectivity index (χ1v) is 14.4. The topological polar surface area (TPSA) is 92.9 Å². The van der Waals surface area contributed by atoms with Gasteiger partial charge in [0.15, 0.2) is 0 Å². The number of hydrogen-bond donors (Lipinski definition) is 5. The van der Waals surface area contributed by atoms with Crippen molar-refractivity contribution in [1.82, 2.24) is 36.6 Å². The molecule has 0 aromatic rings. The molecule has 4 saturated heterocycles. The Morgan fingerprint density at radius 3 is 2.61 bits per heavy atom. The standard InChI is InChI=1S/C26H46FN7O2/c1-16(34-11-19(27)12-34)21-9-22(31-24(30-21)17-6-7-17)25(35)29-20-5-3-4-18(8-20)26(13-36-14-26)10-23-32-28-15-33(23)2/h16-24,28,30-32H,3-15H2,1-2H3,(H,29,35). The zero-order valence-electron chi connectivity index (χ0n) is 22.0. The van der Waals surface area contributed by atoms with E-state index in [0.717, 1.165) is 52.0 Å². The number of hydrogen-bond acceptors (Lipinski definition) is 8. The minimum Gasteiger partial charge on any atom is -0.380 e. The summed E-state index contributed by atoms with van der Waals surface area (Å²) in [6.45, 7) is 5.76. The van der Waals surface area contributed by atoms with Crippen molar-refractivity contribution < 1.29 is 13.9 Å². The van der Waals surface area contributed by atoms with Gasteiger partial charge in [0.2, 0.25) is 5.91 Å². The summed E-state index contributed by atoms with van der Waals surface area (Å²) in [6.07, 6.45) is 8.57. The predicted molar refractivity (Wildman–Crippen MR) is 135 cm³/mol. The summed E-state index contributed by atoms with van der Waals surface area (Å²) in [4.78, 5) is 18.1. The second-order valence-electron chi connectivity index (χ2n) is 12.7. The van der Waals surface area contributed by atoms with Crippen LogP contribution in [0.15, 0.2) is 0 Å². The number of likely N-dealkylation sites (tertiary alicyclic amines) is 1. The molecule has 5 N–H and O–H groups in total. The molecule has 0 bridgehead atoms. The Kier molecular flexibility index (Phi) is 7.31. The van der Waals surface area contributed by atoms with Gasteiger partial charge in [-0.25, -0.2) is 15.2 Å². The number of alkyl halides is 1.